The van der Waals surface area contributed by atoms with Gasteiger partial charge in [-0.3, -0.25) is 24.1 Å². The van der Waals surface area contributed by atoms with E-state index in [0.29, 0.717) is 33.9 Å². The van der Waals surface area contributed by atoms with Crippen LogP contribution in [0.2, 0.25) is 0 Å². The Hall–Kier alpha value is -11.0. The standard InChI is InChI=1S/C76H85N9O14/c1-12-36-95-55-32-27-49(28-33-55)40-64(72(91)96-37-13-2)78-68(87)62(41-50-26-31-51-20-14-15-21-52(51)38-50)77-69(88)65-42-54(44-84(65)70(89)66(75(4,5)6)80-67(86)47(3)83(10)74(93)99-76(7,8)9)85-43-53(81-82-85)45-97-56-34-29-48(30-35-56)39-63(71(90)94-11)79-73(92)98-46-61-59-24-18-16-22-57(59)58-23-17-19-25-60(58)61/h1,13-35,38,43,47,54,61-66H,2,36-37,39-42,44-46H2,3-11H3,(H,77,88)(H,78,87)(H,79,92)(H,80,86)/t47-,54-,62-,63-,64-,65-,66+/m0/s1. The van der Waals surface area contributed by atoms with Crippen LogP contribution in [-0.4, -0.2) is 155 Å². The van der Waals surface area contributed by atoms with Crippen molar-refractivity contribution in [2.45, 2.75) is 135 Å². The number of aromatic nitrogens is 3. The van der Waals surface area contributed by atoms with Crippen LogP contribution in [0.3, 0.4) is 0 Å². The number of nitrogens with zero attached hydrogens (tertiary/aromatic N) is 5. The lowest BCUT2D eigenvalue weighted by Crippen LogP contribution is -2.61. The molecule has 0 radical (unpaired) electrons. The fourth-order valence-corrected chi connectivity index (χ4v) is 11.9. The number of hydrogen-bond acceptors (Lipinski definition) is 16. The number of terminal acetylenes is 1. The van der Waals surface area contributed by atoms with Crippen molar-refractivity contribution in [3.63, 3.8) is 0 Å². The van der Waals surface area contributed by atoms with Gasteiger partial charge < -0.3 is 54.6 Å². The molecule has 99 heavy (non-hydrogen) atoms. The van der Waals surface area contributed by atoms with Gasteiger partial charge in [0.15, 0.2) is 0 Å². The summed E-state index contributed by atoms with van der Waals surface area (Å²) < 4.78 is 35.1. The first-order chi connectivity index (χ1) is 47.3. The number of alkyl carbamates (subject to hydrolysis) is 1. The van der Waals surface area contributed by atoms with Gasteiger partial charge in [0.25, 0.3) is 0 Å². The van der Waals surface area contributed by atoms with Crippen molar-refractivity contribution >= 4 is 58.5 Å². The molecule has 2 aliphatic rings. The number of methoxy groups -OCH3 is 1. The number of likely N-dealkylation sites (tertiary alicyclic amines) is 1. The second-order valence-electron chi connectivity index (χ2n) is 26.6. The number of amides is 6. The molecule has 1 aliphatic carbocycles. The maximum atomic E-state index is 15.5. The summed E-state index contributed by atoms with van der Waals surface area (Å²) in [5, 5.41) is 22.0. The third-order valence-electron chi connectivity index (χ3n) is 17.2. The number of ether oxygens (including phenoxy) is 6. The second-order valence-corrected chi connectivity index (χ2v) is 26.6. The maximum absolute atomic E-state index is 15.5. The van der Waals surface area contributed by atoms with Gasteiger partial charge in [0.2, 0.25) is 23.6 Å². The van der Waals surface area contributed by atoms with E-state index in [1.807, 2.05) is 91.0 Å². The summed E-state index contributed by atoms with van der Waals surface area (Å²) in [6, 6.07) is 34.9. The number of benzene rings is 6. The number of carbonyl (C=O) groups is 8. The molecule has 6 amide bonds. The van der Waals surface area contributed by atoms with Crippen LogP contribution in [0.15, 0.2) is 158 Å². The third kappa shape index (κ3) is 18.8. The van der Waals surface area contributed by atoms with E-state index in [1.165, 1.54) is 36.7 Å². The van der Waals surface area contributed by atoms with Gasteiger partial charge in [-0.2, -0.15) is 0 Å². The summed E-state index contributed by atoms with van der Waals surface area (Å²) in [5.41, 5.74) is 4.78. The molecule has 0 bridgehead atoms. The molecule has 9 rings (SSSR count). The SMILES string of the molecule is C#CCOc1ccc(C[C@H](NC(=O)[C@H](Cc2ccc3ccccc3c2)NC(=O)[C@@H]2C[C@H](n3cc(COc4ccc(C[C@H](NC(=O)OCC5c6ccccc6-c6ccccc65)C(=O)OC)cc4)nn3)CN2C(=O)[C@@H](NC(=O)[C@H](C)N(C)C(=O)OC(C)(C)C)C(C)(C)C)C(=O)OCC=C)cc1. The molecule has 23 heteroatoms. The van der Waals surface area contributed by atoms with Crippen molar-refractivity contribution in [1.29, 1.82) is 0 Å². The van der Waals surface area contributed by atoms with E-state index in [2.05, 4.69) is 44.1 Å². The van der Waals surface area contributed by atoms with E-state index in [9.17, 15) is 28.8 Å². The smallest absolute Gasteiger partial charge is 0.410 e. The average molecular weight is 1350 g/mol. The van der Waals surface area contributed by atoms with E-state index in [1.54, 1.807) is 96.3 Å². The number of nitrogens with one attached hydrogen (secondary N) is 4. The molecule has 2 heterocycles. The number of hydrogen-bond donors (Lipinski definition) is 4. The molecular weight excluding hydrogens is 1260 g/mol. The van der Waals surface area contributed by atoms with Gasteiger partial charge in [0, 0.05) is 45.2 Å². The van der Waals surface area contributed by atoms with Crippen LogP contribution in [0.4, 0.5) is 9.59 Å². The maximum Gasteiger partial charge on any atom is 0.410 e. The Bertz CT molecular complexity index is 4070. The van der Waals surface area contributed by atoms with Gasteiger partial charge in [0.1, 0.15) is 85.5 Å². The molecule has 0 spiro atoms. The van der Waals surface area contributed by atoms with Gasteiger partial charge >= 0.3 is 24.1 Å². The molecule has 7 aromatic rings. The van der Waals surface area contributed by atoms with Crippen molar-refractivity contribution in [1.82, 2.24) is 46.1 Å². The highest BCUT2D eigenvalue weighted by Gasteiger charge is 2.47. The van der Waals surface area contributed by atoms with Gasteiger partial charge in [-0.05, 0) is 107 Å². The highest BCUT2D eigenvalue weighted by Crippen LogP contribution is 2.44. The Morgan fingerprint density at radius 3 is 1.89 bits per heavy atom. The molecule has 1 aliphatic heterocycles. The minimum Gasteiger partial charge on any atom is -0.487 e. The number of esters is 2. The predicted octanol–water partition coefficient (Wildman–Crippen LogP) is 8.76. The number of carbonyl (C=O) groups excluding carboxylic acids is 8. The number of rotatable bonds is 27. The summed E-state index contributed by atoms with van der Waals surface area (Å²) in [5.74, 6) is -1.01. The molecule has 0 saturated carbocycles. The zero-order valence-corrected chi connectivity index (χ0v) is 57.2. The molecule has 0 unspecified atom stereocenters. The topological polar surface area (TPSA) is 277 Å². The Morgan fingerprint density at radius 1 is 0.697 bits per heavy atom. The van der Waals surface area contributed by atoms with E-state index < -0.39 is 101 Å². The molecule has 6 aromatic carbocycles. The summed E-state index contributed by atoms with van der Waals surface area (Å²) in [4.78, 5) is 116. The highest BCUT2D eigenvalue weighted by molar-refractivity contribution is 5.97. The van der Waals surface area contributed by atoms with Crippen molar-refractivity contribution in [3.05, 3.63) is 192 Å². The van der Waals surface area contributed by atoms with E-state index >= 15 is 9.59 Å². The third-order valence-corrected chi connectivity index (χ3v) is 17.2. The zero-order valence-electron chi connectivity index (χ0n) is 57.2. The van der Waals surface area contributed by atoms with Crippen LogP contribution in [0.1, 0.15) is 100 Å². The Balaban J connectivity index is 0.934. The largest absolute Gasteiger partial charge is 0.487 e. The average Bonchev–Trinajstić information content (AvgIpc) is 1.65. The predicted molar refractivity (Wildman–Crippen MR) is 370 cm³/mol. The Labute approximate surface area is 576 Å². The first-order valence-electron chi connectivity index (χ1n) is 32.7. The van der Waals surface area contributed by atoms with Gasteiger partial charge in [-0.1, -0.05) is 160 Å². The van der Waals surface area contributed by atoms with Crippen molar-refractivity contribution in [3.8, 4) is 35.0 Å². The monoisotopic (exact) mass is 1350 g/mol. The van der Waals surface area contributed by atoms with Crippen LogP contribution < -0.4 is 30.7 Å². The molecule has 518 valence electrons. The van der Waals surface area contributed by atoms with Gasteiger partial charge in [-0.15, -0.1) is 11.5 Å². The van der Waals surface area contributed by atoms with Crippen LogP contribution in [0, 0.1) is 17.8 Å². The lowest BCUT2D eigenvalue weighted by atomic mass is 9.85. The highest BCUT2D eigenvalue weighted by atomic mass is 16.6. The van der Waals surface area contributed by atoms with Gasteiger partial charge in [-0.25, -0.2) is 23.9 Å². The van der Waals surface area contributed by atoms with E-state index in [4.69, 9.17) is 34.8 Å². The number of fused-ring (bicyclic) bond motifs is 4. The fraction of sp³-hybridized carbons (Fsp3) is 0.368. The lowest BCUT2D eigenvalue weighted by molar-refractivity contribution is -0.147. The van der Waals surface area contributed by atoms with Crippen molar-refractivity contribution in [2.75, 3.05) is 40.5 Å². The first-order valence-corrected chi connectivity index (χ1v) is 32.7. The minimum atomic E-state index is -1.35. The second kappa shape index (κ2) is 32.4. The molecule has 1 saturated heterocycles. The minimum absolute atomic E-state index is 0.0183. The molecule has 4 N–H and O–H groups in total. The van der Waals surface area contributed by atoms with E-state index in [-0.39, 0.29) is 64.6 Å². The number of likely N-dealkylation sites (N-methyl/N-ethyl adjacent to an activating group) is 1. The molecule has 1 aromatic heterocycles. The first kappa shape index (κ1) is 72.3. The van der Waals surface area contributed by atoms with Crippen LogP contribution in [0.25, 0.3) is 21.9 Å². The van der Waals surface area contributed by atoms with E-state index in [0.717, 1.165) is 37.9 Å². The quantitative estimate of drug-likeness (QED) is 0.0162. The lowest BCUT2D eigenvalue weighted by Gasteiger charge is -2.37. The van der Waals surface area contributed by atoms with Crippen LogP contribution in [-0.2, 0) is 73.6 Å². The van der Waals surface area contributed by atoms with Crippen molar-refractivity contribution in [2.24, 2.45) is 5.41 Å². The molecule has 23 nitrogen and oxygen atoms in total. The summed E-state index contributed by atoms with van der Waals surface area (Å²) in [7, 11) is 2.66. The van der Waals surface area contributed by atoms with Crippen LogP contribution in [0.5, 0.6) is 11.5 Å². The van der Waals surface area contributed by atoms with Gasteiger partial charge in [0.05, 0.1) is 19.3 Å². The summed E-state index contributed by atoms with van der Waals surface area (Å²) in [6.07, 6.45) is 6.85. The summed E-state index contributed by atoms with van der Waals surface area (Å²) in [6.45, 7) is 15.3. The molecule has 7 atom stereocenters. The molecule has 1 fully saturated rings. The Kier molecular flexibility index (Phi) is 23.6. The zero-order chi connectivity index (χ0) is 71.1. The fourth-order valence-electron chi connectivity index (χ4n) is 11.9. The normalized spacial score (nSPS) is 15.6. The summed E-state index contributed by atoms with van der Waals surface area (Å²) >= 11 is 0. The Morgan fingerprint density at radius 2 is 1.28 bits per heavy atom. The molecular formula is C76H85N9O14. The van der Waals surface area contributed by atoms with Crippen LogP contribution >= 0.6 is 0 Å². The van der Waals surface area contributed by atoms with Crippen molar-refractivity contribution < 1.29 is 66.8 Å².